The first-order chi connectivity index (χ1) is 12.8. The van der Waals surface area contributed by atoms with E-state index in [1.165, 1.54) is 11.6 Å². The normalized spacial score (nSPS) is 20.5. The molecule has 1 heterocycles. The highest BCUT2D eigenvalue weighted by atomic mass is 19.4. The highest BCUT2D eigenvalue weighted by Crippen LogP contribution is 2.41. The van der Waals surface area contributed by atoms with Crippen molar-refractivity contribution in [3.05, 3.63) is 65.7 Å². The van der Waals surface area contributed by atoms with Crippen LogP contribution in [0.3, 0.4) is 0 Å². The Morgan fingerprint density at radius 2 is 1.74 bits per heavy atom. The molecule has 0 amide bonds. The van der Waals surface area contributed by atoms with Crippen molar-refractivity contribution in [1.82, 2.24) is 10.2 Å². The standard InChI is InChI=1S/C21H25F3N2O/c1-15(2)25-13-18-12-19(16-8-4-3-5-9-16)26(18)14-17-10-6-7-11-20(17)27-21(22,23)24/h3-11,15,18-19,25H,12-14H2,1-2H3. The van der Waals surface area contributed by atoms with Crippen molar-refractivity contribution in [1.29, 1.82) is 0 Å². The van der Waals surface area contributed by atoms with E-state index in [0.29, 0.717) is 18.2 Å². The number of para-hydroxylation sites is 1. The largest absolute Gasteiger partial charge is 0.573 e. The Labute approximate surface area is 158 Å². The number of hydrogen-bond acceptors (Lipinski definition) is 3. The molecule has 0 aliphatic carbocycles. The van der Waals surface area contributed by atoms with Crippen molar-refractivity contribution in [3.63, 3.8) is 0 Å². The molecule has 2 aromatic carbocycles. The van der Waals surface area contributed by atoms with Crippen LogP contribution in [0.25, 0.3) is 0 Å². The quantitative estimate of drug-likeness (QED) is 0.742. The lowest BCUT2D eigenvalue weighted by atomic mass is 9.86. The van der Waals surface area contributed by atoms with Gasteiger partial charge in [-0.15, -0.1) is 13.2 Å². The Balaban J connectivity index is 1.79. The summed E-state index contributed by atoms with van der Waals surface area (Å²) >= 11 is 0. The second-order valence-corrected chi connectivity index (χ2v) is 7.21. The summed E-state index contributed by atoms with van der Waals surface area (Å²) < 4.78 is 42.4. The van der Waals surface area contributed by atoms with Crippen molar-refractivity contribution in [2.45, 2.75) is 51.3 Å². The molecule has 0 aromatic heterocycles. The van der Waals surface area contributed by atoms with E-state index < -0.39 is 6.36 Å². The van der Waals surface area contributed by atoms with Crippen LogP contribution in [0, 0.1) is 0 Å². The summed E-state index contributed by atoms with van der Waals surface area (Å²) in [6, 6.07) is 17.3. The van der Waals surface area contributed by atoms with Gasteiger partial charge in [0.2, 0.25) is 0 Å². The van der Waals surface area contributed by atoms with E-state index in [4.69, 9.17) is 0 Å². The molecule has 3 nitrogen and oxygen atoms in total. The number of likely N-dealkylation sites (tertiary alicyclic amines) is 1. The van der Waals surface area contributed by atoms with Gasteiger partial charge < -0.3 is 10.1 Å². The number of ether oxygens (including phenoxy) is 1. The smallest absolute Gasteiger partial charge is 0.405 e. The first kappa shape index (κ1) is 19.7. The Morgan fingerprint density at radius 3 is 2.41 bits per heavy atom. The Hall–Kier alpha value is -2.05. The van der Waals surface area contributed by atoms with Crippen LogP contribution in [-0.2, 0) is 6.54 Å². The van der Waals surface area contributed by atoms with Gasteiger partial charge in [-0.2, -0.15) is 0 Å². The minimum atomic E-state index is -4.69. The molecule has 0 saturated carbocycles. The zero-order valence-electron chi connectivity index (χ0n) is 15.5. The van der Waals surface area contributed by atoms with E-state index in [1.54, 1.807) is 18.2 Å². The summed E-state index contributed by atoms with van der Waals surface area (Å²) in [6.45, 7) is 5.40. The van der Waals surface area contributed by atoms with E-state index in [2.05, 4.69) is 40.9 Å². The van der Waals surface area contributed by atoms with Crippen molar-refractivity contribution < 1.29 is 17.9 Å². The topological polar surface area (TPSA) is 24.5 Å². The van der Waals surface area contributed by atoms with Gasteiger partial charge in [-0.3, -0.25) is 4.90 Å². The van der Waals surface area contributed by atoms with Gasteiger partial charge in [-0.1, -0.05) is 62.4 Å². The third kappa shape index (κ3) is 5.23. The van der Waals surface area contributed by atoms with Crippen molar-refractivity contribution in [2.24, 2.45) is 0 Å². The van der Waals surface area contributed by atoms with Gasteiger partial charge in [0.05, 0.1) is 0 Å². The molecule has 2 atom stereocenters. The molecular formula is C21H25F3N2O. The molecule has 0 spiro atoms. The van der Waals surface area contributed by atoms with Gasteiger partial charge in [-0.05, 0) is 18.1 Å². The molecule has 146 valence electrons. The van der Waals surface area contributed by atoms with Crippen LogP contribution in [0.1, 0.15) is 37.4 Å². The lowest BCUT2D eigenvalue weighted by molar-refractivity contribution is -0.275. The highest BCUT2D eigenvalue weighted by molar-refractivity contribution is 5.34. The fraction of sp³-hybridized carbons (Fsp3) is 0.429. The maximum Gasteiger partial charge on any atom is 0.573 e. The number of nitrogens with zero attached hydrogens (tertiary/aromatic N) is 1. The average Bonchev–Trinajstić information content (AvgIpc) is 2.59. The van der Waals surface area contributed by atoms with Crippen molar-refractivity contribution >= 4 is 0 Å². The van der Waals surface area contributed by atoms with Crippen LogP contribution >= 0.6 is 0 Å². The summed E-state index contributed by atoms with van der Waals surface area (Å²) in [4.78, 5) is 2.25. The number of halogens is 3. The lowest BCUT2D eigenvalue weighted by Gasteiger charge is -2.49. The highest BCUT2D eigenvalue weighted by Gasteiger charge is 2.39. The second-order valence-electron chi connectivity index (χ2n) is 7.21. The molecule has 1 fully saturated rings. The zero-order valence-corrected chi connectivity index (χ0v) is 15.5. The average molecular weight is 378 g/mol. The predicted octanol–water partition coefficient (Wildman–Crippen LogP) is 4.90. The summed E-state index contributed by atoms with van der Waals surface area (Å²) in [5.41, 5.74) is 1.73. The summed E-state index contributed by atoms with van der Waals surface area (Å²) in [6.07, 6.45) is -3.71. The van der Waals surface area contributed by atoms with Gasteiger partial charge in [-0.25, -0.2) is 0 Å². The fourth-order valence-corrected chi connectivity index (χ4v) is 3.51. The molecule has 2 aromatic rings. The van der Waals surface area contributed by atoms with Gasteiger partial charge in [0, 0.05) is 36.8 Å². The SMILES string of the molecule is CC(C)NCC1CC(c2ccccc2)N1Cc1ccccc1OC(F)(F)F. The zero-order chi connectivity index (χ0) is 19.4. The van der Waals surface area contributed by atoms with Crippen LogP contribution < -0.4 is 10.1 Å². The molecule has 27 heavy (non-hydrogen) atoms. The predicted molar refractivity (Wildman–Crippen MR) is 99.4 cm³/mol. The number of hydrogen-bond donors (Lipinski definition) is 1. The van der Waals surface area contributed by atoms with Crippen LogP contribution in [0.2, 0.25) is 0 Å². The van der Waals surface area contributed by atoms with E-state index in [9.17, 15) is 13.2 Å². The van der Waals surface area contributed by atoms with E-state index in [1.807, 2.05) is 18.2 Å². The van der Waals surface area contributed by atoms with Gasteiger partial charge in [0.15, 0.2) is 0 Å². The number of rotatable bonds is 7. The molecule has 3 rings (SSSR count). The van der Waals surface area contributed by atoms with E-state index in [-0.39, 0.29) is 17.8 Å². The Morgan fingerprint density at radius 1 is 1.07 bits per heavy atom. The first-order valence-electron chi connectivity index (χ1n) is 9.21. The maximum atomic E-state index is 12.7. The van der Waals surface area contributed by atoms with Crippen molar-refractivity contribution in [2.75, 3.05) is 6.54 Å². The Bertz CT molecular complexity index is 734. The van der Waals surface area contributed by atoms with E-state index in [0.717, 1.165) is 13.0 Å². The molecular weight excluding hydrogens is 353 g/mol. The molecule has 0 bridgehead atoms. The molecule has 1 saturated heterocycles. The minimum absolute atomic E-state index is 0.126. The molecule has 1 N–H and O–H groups in total. The van der Waals surface area contributed by atoms with Gasteiger partial charge in [0.1, 0.15) is 5.75 Å². The summed E-state index contributed by atoms with van der Waals surface area (Å²) in [7, 11) is 0. The molecule has 6 heteroatoms. The molecule has 1 aliphatic rings. The first-order valence-corrected chi connectivity index (χ1v) is 9.21. The van der Waals surface area contributed by atoms with Gasteiger partial charge >= 0.3 is 6.36 Å². The van der Waals surface area contributed by atoms with Gasteiger partial charge in [0.25, 0.3) is 0 Å². The molecule has 0 radical (unpaired) electrons. The third-order valence-corrected chi connectivity index (χ3v) is 4.86. The summed E-state index contributed by atoms with van der Waals surface area (Å²) in [5, 5.41) is 3.44. The number of benzene rings is 2. The maximum absolute atomic E-state index is 12.7. The fourth-order valence-electron chi connectivity index (χ4n) is 3.51. The minimum Gasteiger partial charge on any atom is -0.405 e. The summed E-state index contributed by atoms with van der Waals surface area (Å²) in [5.74, 6) is -0.126. The monoisotopic (exact) mass is 378 g/mol. The lowest BCUT2D eigenvalue weighted by Crippen LogP contribution is -2.54. The molecule has 2 unspecified atom stereocenters. The number of nitrogens with one attached hydrogen (secondary N) is 1. The van der Waals surface area contributed by atoms with Crippen LogP contribution in [0.5, 0.6) is 5.75 Å². The van der Waals surface area contributed by atoms with Crippen molar-refractivity contribution in [3.8, 4) is 5.75 Å². The number of alkyl halides is 3. The van der Waals surface area contributed by atoms with Crippen LogP contribution in [0.4, 0.5) is 13.2 Å². The van der Waals surface area contributed by atoms with Crippen LogP contribution in [0.15, 0.2) is 54.6 Å². The Kier molecular flexibility index (Phi) is 6.07. The second kappa shape index (κ2) is 8.31. The van der Waals surface area contributed by atoms with E-state index >= 15 is 0 Å². The third-order valence-electron chi connectivity index (χ3n) is 4.86. The van der Waals surface area contributed by atoms with Crippen LogP contribution in [-0.4, -0.2) is 29.9 Å². The molecule has 1 aliphatic heterocycles.